The Hall–Kier alpha value is -4.61. The van der Waals surface area contributed by atoms with E-state index in [-0.39, 0.29) is 23.6 Å². The van der Waals surface area contributed by atoms with Gasteiger partial charge >= 0.3 is 18.0 Å². The minimum atomic E-state index is -1.44. The van der Waals surface area contributed by atoms with Crippen molar-refractivity contribution in [3.05, 3.63) is 71.3 Å². The van der Waals surface area contributed by atoms with Gasteiger partial charge in [0.15, 0.2) is 11.6 Å². The quantitative estimate of drug-likeness (QED) is 0.137. The fourth-order valence-corrected chi connectivity index (χ4v) is 2.68. The van der Waals surface area contributed by atoms with E-state index in [1.807, 2.05) is 0 Å². The van der Waals surface area contributed by atoms with E-state index in [2.05, 4.69) is 20.6 Å². The number of nitrogens with zero attached hydrogens (tertiary/aromatic N) is 3. The van der Waals surface area contributed by atoms with Gasteiger partial charge in [-0.3, -0.25) is 14.6 Å². The first-order chi connectivity index (χ1) is 15.8. The summed E-state index contributed by atoms with van der Waals surface area (Å²) in [6, 6.07) is 13.0. The number of nitrogens with one attached hydrogen (secondary N) is 1. The molecule has 33 heavy (non-hydrogen) atoms. The summed E-state index contributed by atoms with van der Waals surface area (Å²) < 4.78 is 5.02. The van der Waals surface area contributed by atoms with Crippen LogP contribution in [0, 0.1) is 0 Å². The molecule has 0 radical (unpaired) electrons. The van der Waals surface area contributed by atoms with Crippen LogP contribution in [0.5, 0.6) is 0 Å². The molecule has 172 valence electrons. The van der Waals surface area contributed by atoms with Gasteiger partial charge in [-0.05, 0) is 11.6 Å². The van der Waals surface area contributed by atoms with Crippen molar-refractivity contribution in [3.63, 3.8) is 0 Å². The number of amidine groups is 1. The predicted octanol–water partition coefficient (Wildman–Crippen LogP) is 1.80. The second-order valence-electron chi connectivity index (χ2n) is 6.53. The molecule has 0 aliphatic rings. The van der Waals surface area contributed by atoms with E-state index in [1.165, 1.54) is 24.3 Å². The number of hydrogen-bond acceptors (Lipinski definition) is 7. The molecule has 0 aliphatic heterocycles. The number of nitrogens with two attached hydrogens (primary N) is 1. The zero-order valence-electron chi connectivity index (χ0n) is 17.2. The van der Waals surface area contributed by atoms with Gasteiger partial charge < -0.3 is 26.1 Å². The highest BCUT2D eigenvalue weighted by atomic mass is 16.5. The first-order valence-electron chi connectivity index (χ1n) is 9.51. The number of ether oxygens (including phenoxy) is 1. The number of carbonyl (C=O) groups is 4. The standard InChI is InChI=1S/C21H21N5O7/c22-26-25-19(14-8-4-5-9-15(14)20(30)31)23-11-17(27)16(10-18(28)29)24-21(32)33-12-13-6-2-1-3-7-13/h1-9,16H,10-12H2,(H,24,32)(H,28,29)(H,30,31)(H2,22,23,25). The molecule has 0 aromatic heterocycles. The van der Waals surface area contributed by atoms with Crippen molar-refractivity contribution in [2.75, 3.05) is 6.54 Å². The first-order valence-corrected chi connectivity index (χ1v) is 9.51. The number of Topliss-reactive ketones (excluding diaryl/α,β-unsaturated/α-hetero) is 1. The number of amides is 1. The van der Waals surface area contributed by atoms with Gasteiger partial charge in [-0.2, -0.15) is 0 Å². The van der Waals surface area contributed by atoms with Gasteiger partial charge in [0.05, 0.1) is 12.0 Å². The molecule has 0 fully saturated rings. The Morgan fingerprint density at radius 2 is 1.61 bits per heavy atom. The number of carboxylic acids is 2. The average Bonchev–Trinajstić information content (AvgIpc) is 2.80. The molecular formula is C21H21N5O7. The van der Waals surface area contributed by atoms with E-state index in [0.717, 1.165) is 0 Å². The zero-order chi connectivity index (χ0) is 24.2. The van der Waals surface area contributed by atoms with Gasteiger partial charge in [0, 0.05) is 5.56 Å². The molecule has 2 aromatic carbocycles. The van der Waals surface area contributed by atoms with Crippen molar-refractivity contribution in [1.29, 1.82) is 0 Å². The summed E-state index contributed by atoms with van der Waals surface area (Å²) in [6.45, 7) is -0.703. The van der Waals surface area contributed by atoms with Gasteiger partial charge in [0.25, 0.3) is 0 Å². The Morgan fingerprint density at radius 1 is 0.970 bits per heavy atom. The van der Waals surface area contributed by atoms with Crippen LogP contribution in [-0.4, -0.2) is 52.5 Å². The van der Waals surface area contributed by atoms with Gasteiger partial charge in [-0.1, -0.05) is 53.8 Å². The van der Waals surface area contributed by atoms with E-state index >= 15 is 0 Å². The summed E-state index contributed by atoms with van der Waals surface area (Å²) >= 11 is 0. The highest BCUT2D eigenvalue weighted by Crippen LogP contribution is 2.12. The number of ketones is 1. The molecule has 0 spiro atoms. The van der Waals surface area contributed by atoms with E-state index in [9.17, 15) is 24.3 Å². The van der Waals surface area contributed by atoms with Crippen molar-refractivity contribution in [3.8, 4) is 0 Å². The Morgan fingerprint density at radius 3 is 2.21 bits per heavy atom. The smallest absolute Gasteiger partial charge is 0.408 e. The first kappa shape index (κ1) is 24.7. The van der Waals surface area contributed by atoms with Crippen LogP contribution in [0.15, 0.2) is 69.9 Å². The van der Waals surface area contributed by atoms with Crippen molar-refractivity contribution in [1.82, 2.24) is 5.32 Å². The van der Waals surface area contributed by atoms with Crippen molar-refractivity contribution in [2.45, 2.75) is 19.1 Å². The lowest BCUT2D eigenvalue weighted by Crippen LogP contribution is -2.43. The number of aromatic carboxylic acids is 1. The van der Waals surface area contributed by atoms with Crippen LogP contribution < -0.4 is 11.2 Å². The van der Waals surface area contributed by atoms with Crippen molar-refractivity contribution < 1.29 is 34.1 Å². The van der Waals surface area contributed by atoms with Crippen LogP contribution in [0.2, 0.25) is 0 Å². The molecule has 2 aromatic rings. The number of carbonyl (C=O) groups excluding carboxylic acids is 2. The van der Waals surface area contributed by atoms with Crippen LogP contribution in [0.1, 0.15) is 27.9 Å². The third-order valence-corrected chi connectivity index (χ3v) is 4.21. The second kappa shape index (κ2) is 12.3. The van der Waals surface area contributed by atoms with Crippen molar-refractivity contribution >= 4 is 29.7 Å². The van der Waals surface area contributed by atoms with Crippen LogP contribution in [-0.2, 0) is 20.9 Å². The summed E-state index contributed by atoms with van der Waals surface area (Å²) in [7, 11) is 0. The normalized spacial score (nSPS) is 12.2. The molecule has 0 bridgehead atoms. The lowest BCUT2D eigenvalue weighted by molar-refractivity contribution is -0.139. The number of hydrogen-bond donors (Lipinski definition) is 4. The van der Waals surface area contributed by atoms with E-state index in [4.69, 9.17) is 15.7 Å². The molecule has 0 aliphatic carbocycles. The van der Waals surface area contributed by atoms with E-state index in [1.54, 1.807) is 30.3 Å². The molecule has 1 unspecified atom stereocenters. The van der Waals surface area contributed by atoms with Gasteiger partial charge in [0.2, 0.25) is 0 Å². The number of aliphatic carboxylic acids is 1. The highest BCUT2D eigenvalue weighted by molar-refractivity contribution is 6.08. The Bertz CT molecular complexity index is 1070. The Kier molecular flexibility index (Phi) is 9.19. The summed E-state index contributed by atoms with van der Waals surface area (Å²) in [4.78, 5) is 51.2. The lowest BCUT2D eigenvalue weighted by atomic mass is 10.1. The highest BCUT2D eigenvalue weighted by Gasteiger charge is 2.24. The Labute approximate surface area is 187 Å². The number of carboxylic acid groups (broad SMARTS) is 2. The summed E-state index contributed by atoms with van der Waals surface area (Å²) in [5.41, 5.74) is 0.602. The Balaban J connectivity index is 2.14. The van der Waals surface area contributed by atoms with Crippen LogP contribution in [0.4, 0.5) is 4.79 Å². The third kappa shape index (κ3) is 7.86. The lowest BCUT2D eigenvalue weighted by Gasteiger charge is -2.15. The van der Waals surface area contributed by atoms with Gasteiger partial charge in [-0.25, -0.2) is 9.59 Å². The molecule has 5 N–H and O–H groups in total. The summed E-state index contributed by atoms with van der Waals surface area (Å²) in [6.07, 6.45) is -1.70. The maximum atomic E-state index is 12.6. The number of benzene rings is 2. The number of alkyl carbamates (subject to hydrolysis) is 1. The van der Waals surface area contributed by atoms with Gasteiger partial charge in [-0.15, -0.1) is 5.11 Å². The molecule has 0 saturated heterocycles. The summed E-state index contributed by atoms with van der Waals surface area (Å²) in [5, 5.41) is 27.3. The van der Waals surface area contributed by atoms with Crippen molar-refractivity contribution in [2.24, 2.45) is 21.2 Å². The van der Waals surface area contributed by atoms with Crippen LogP contribution in [0.25, 0.3) is 0 Å². The third-order valence-electron chi connectivity index (χ3n) is 4.21. The van der Waals surface area contributed by atoms with Gasteiger partial charge in [0.1, 0.15) is 19.2 Å². The fraction of sp³-hybridized carbons (Fsp3) is 0.190. The van der Waals surface area contributed by atoms with E-state index in [0.29, 0.717) is 5.56 Å². The van der Waals surface area contributed by atoms with E-state index < -0.39 is 42.8 Å². The molecule has 1 amide bonds. The maximum Gasteiger partial charge on any atom is 0.408 e. The maximum absolute atomic E-state index is 12.6. The molecule has 12 nitrogen and oxygen atoms in total. The second-order valence-corrected chi connectivity index (χ2v) is 6.53. The fourth-order valence-electron chi connectivity index (χ4n) is 2.68. The average molecular weight is 455 g/mol. The molecule has 1 atom stereocenters. The minimum Gasteiger partial charge on any atom is -0.481 e. The molecule has 0 heterocycles. The number of rotatable bonds is 10. The largest absolute Gasteiger partial charge is 0.481 e. The number of aliphatic imine (C=N–C) groups is 1. The monoisotopic (exact) mass is 455 g/mol. The zero-order valence-corrected chi connectivity index (χ0v) is 17.2. The summed E-state index contributed by atoms with van der Waals surface area (Å²) in [5.74, 6) is 1.45. The molecule has 2 rings (SSSR count). The topological polar surface area (TPSA) is 193 Å². The van der Waals surface area contributed by atoms with Crippen LogP contribution in [0.3, 0.4) is 0 Å². The molecule has 0 saturated carbocycles. The minimum absolute atomic E-state index is 0.0528. The van der Waals surface area contributed by atoms with Crippen LogP contribution >= 0.6 is 0 Å². The predicted molar refractivity (Wildman–Crippen MR) is 115 cm³/mol. The SMILES string of the molecule is NN=NC(=NCC(=O)C(CC(=O)O)NC(=O)OCc1ccccc1)c1ccccc1C(=O)O. The molecule has 12 heteroatoms. The molecular weight excluding hydrogens is 434 g/mol.